The maximum atomic E-state index is 13.0. The zero-order valence-corrected chi connectivity index (χ0v) is 16.9. The van der Waals surface area contributed by atoms with Crippen molar-refractivity contribution < 1.29 is 4.79 Å². The highest BCUT2D eigenvalue weighted by molar-refractivity contribution is 6.04. The van der Waals surface area contributed by atoms with E-state index in [0.29, 0.717) is 17.6 Å². The Morgan fingerprint density at radius 1 is 1.11 bits per heavy atom. The van der Waals surface area contributed by atoms with Crippen LogP contribution in [0.1, 0.15) is 47.1 Å². The number of nitrogens with zero attached hydrogens (tertiary/aromatic N) is 4. The zero-order valence-electron chi connectivity index (χ0n) is 16.9. The second-order valence-electron chi connectivity index (χ2n) is 7.63. The Hall–Kier alpha value is -2.47. The number of benzene rings is 1. The van der Waals surface area contributed by atoms with E-state index < -0.39 is 0 Å². The minimum absolute atomic E-state index is 0.188. The molecule has 0 atom stereocenters. The van der Waals surface area contributed by atoms with E-state index in [1.165, 1.54) is 0 Å². The molecule has 2 aromatic rings. The normalized spacial score (nSPS) is 15.3. The smallest absolute Gasteiger partial charge is 0.274 e. The fourth-order valence-electron chi connectivity index (χ4n) is 3.34. The highest BCUT2D eigenvalue weighted by atomic mass is 16.1. The van der Waals surface area contributed by atoms with Crippen LogP contribution in [0.4, 0.5) is 11.6 Å². The number of rotatable bonds is 4. The first kappa shape index (κ1) is 19.3. The van der Waals surface area contributed by atoms with Crippen molar-refractivity contribution in [3.63, 3.8) is 0 Å². The summed E-state index contributed by atoms with van der Waals surface area (Å²) in [6.07, 6.45) is 0. The molecule has 3 rings (SSSR count). The Morgan fingerprint density at radius 3 is 2.48 bits per heavy atom. The Bertz CT molecular complexity index is 825. The summed E-state index contributed by atoms with van der Waals surface area (Å²) in [5.41, 5.74) is 4.29. The molecule has 27 heavy (non-hydrogen) atoms. The Morgan fingerprint density at radius 2 is 1.81 bits per heavy atom. The second-order valence-corrected chi connectivity index (χ2v) is 7.63. The van der Waals surface area contributed by atoms with Gasteiger partial charge in [0.15, 0.2) is 0 Å². The number of carbonyl (C=O) groups is 1. The van der Waals surface area contributed by atoms with Gasteiger partial charge in [0, 0.05) is 37.6 Å². The first-order chi connectivity index (χ1) is 12.8. The molecule has 0 aliphatic carbocycles. The fraction of sp³-hybridized carbons (Fsp3) is 0.476. The number of nitrogens with one attached hydrogen (secondary N) is 1. The van der Waals surface area contributed by atoms with Gasteiger partial charge in [-0.25, -0.2) is 9.97 Å². The monoisotopic (exact) mass is 367 g/mol. The van der Waals surface area contributed by atoms with Gasteiger partial charge in [-0.3, -0.25) is 4.79 Å². The van der Waals surface area contributed by atoms with Gasteiger partial charge in [0.1, 0.15) is 5.69 Å². The average Bonchev–Trinajstić information content (AvgIpc) is 2.63. The summed E-state index contributed by atoms with van der Waals surface area (Å²) in [5.74, 6) is 0.780. The SMILES string of the molecule is Cc1cc(C(=O)Nc2c(C)cccc2C(C)C)nc(N2CCN(C)CC2)n1. The lowest BCUT2D eigenvalue weighted by Crippen LogP contribution is -2.45. The third-order valence-electron chi connectivity index (χ3n) is 5.03. The molecule has 1 aliphatic rings. The lowest BCUT2D eigenvalue weighted by molar-refractivity contribution is 0.102. The summed E-state index contributed by atoms with van der Waals surface area (Å²) in [6.45, 7) is 11.9. The number of aromatic nitrogens is 2. The van der Waals surface area contributed by atoms with Gasteiger partial charge in [0.2, 0.25) is 5.95 Å². The number of hydrogen-bond acceptors (Lipinski definition) is 5. The zero-order chi connectivity index (χ0) is 19.6. The third-order valence-corrected chi connectivity index (χ3v) is 5.03. The molecule has 1 amide bonds. The summed E-state index contributed by atoms with van der Waals surface area (Å²) in [4.78, 5) is 26.5. The molecule has 0 unspecified atom stereocenters. The topological polar surface area (TPSA) is 61.4 Å². The maximum Gasteiger partial charge on any atom is 0.274 e. The number of amides is 1. The van der Waals surface area contributed by atoms with Crippen LogP contribution in [0.3, 0.4) is 0 Å². The molecule has 0 radical (unpaired) electrons. The lowest BCUT2D eigenvalue weighted by Gasteiger charge is -2.32. The summed E-state index contributed by atoms with van der Waals surface area (Å²) in [7, 11) is 2.11. The van der Waals surface area contributed by atoms with E-state index in [9.17, 15) is 4.79 Å². The van der Waals surface area contributed by atoms with Crippen LogP contribution in [0.2, 0.25) is 0 Å². The minimum atomic E-state index is -0.188. The number of aryl methyl sites for hydroxylation is 2. The predicted molar refractivity (Wildman–Crippen MR) is 110 cm³/mol. The number of anilines is 2. The van der Waals surface area contributed by atoms with Crippen molar-refractivity contribution >= 4 is 17.5 Å². The van der Waals surface area contributed by atoms with Crippen LogP contribution >= 0.6 is 0 Å². The Kier molecular flexibility index (Phi) is 5.75. The molecule has 1 N–H and O–H groups in total. The standard InChI is InChI=1S/C21H29N5O/c1-14(2)17-8-6-7-15(3)19(17)24-20(27)18-13-16(4)22-21(23-18)26-11-9-25(5)10-12-26/h6-8,13-14H,9-12H2,1-5H3,(H,24,27). The molecule has 6 nitrogen and oxygen atoms in total. The van der Waals surface area contributed by atoms with Gasteiger partial charge in [0.25, 0.3) is 5.91 Å². The minimum Gasteiger partial charge on any atom is -0.338 e. The number of piperazine rings is 1. The van der Waals surface area contributed by atoms with Gasteiger partial charge in [-0.1, -0.05) is 32.0 Å². The van der Waals surface area contributed by atoms with E-state index in [4.69, 9.17) is 0 Å². The molecular weight excluding hydrogens is 338 g/mol. The van der Waals surface area contributed by atoms with Gasteiger partial charge in [-0.05, 0) is 44.0 Å². The summed E-state index contributed by atoms with van der Waals surface area (Å²) >= 11 is 0. The van der Waals surface area contributed by atoms with E-state index in [1.807, 2.05) is 26.0 Å². The molecule has 1 saturated heterocycles. The number of carbonyl (C=O) groups excluding carboxylic acids is 1. The molecule has 0 bridgehead atoms. The molecule has 144 valence electrons. The molecular formula is C21H29N5O. The van der Waals surface area contributed by atoms with E-state index >= 15 is 0 Å². The van der Waals surface area contributed by atoms with Gasteiger partial charge >= 0.3 is 0 Å². The van der Waals surface area contributed by atoms with Crippen molar-refractivity contribution in [1.82, 2.24) is 14.9 Å². The summed E-state index contributed by atoms with van der Waals surface area (Å²) in [6, 6.07) is 7.86. The van der Waals surface area contributed by atoms with Crippen molar-refractivity contribution in [2.45, 2.75) is 33.6 Å². The Balaban J connectivity index is 1.86. The molecule has 6 heteroatoms. The van der Waals surface area contributed by atoms with Crippen LogP contribution in [0.15, 0.2) is 24.3 Å². The van der Waals surface area contributed by atoms with E-state index in [-0.39, 0.29) is 5.91 Å². The predicted octanol–water partition coefficient (Wildman–Crippen LogP) is 3.22. The molecule has 2 heterocycles. The van der Waals surface area contributed by atoms with Crippen LogP contribution in [-0.2, 0) is 0 Å². The molecule has 1 aromatic heterocycles. The second kappa shape index (κ2) is 8.05. The van der Waals surface area contributed by atoms with Crippen molar-refractivity contribution in [3.8, 4) is 0 Å². The van der Waals surface area contributed by atoms with E-state index in [1.54, 1.807) is 6.07 Å². The highest BCUT2D eigenvalue weighted by Crippen LogP contribution is 2.28. The first-order valence-corrected chi connectivity index (χ1v) is 9.55. The largest absolute Gasteiger partial charge is 0.338 e. The van der Waals surface area contributed by atoms with E-state index in [2.05, 4.69) is 52.0 Å². The van der Waals surface area contributed by atoms with Crippen molar-refractivity contribution in [1.29, 1.82) is 0 Å². The van der Waals surface area contributed by atoms with Crippen LogP contribution in [-0.4, -0.2) is 54.0 Å². The number of para-hydroxylation sites is 1. The van der Waals surface area contributed by atoms with Crippen LogP contribution in [0, 0.1) is 13.8 Å². The molecule has 0 saturated carbocycles. The van der Waals surface area contributed by atoms with Gasteiger partial charge in [0.05, 0.1) is 0 Å². The summed E-state index contributed by atoms with van der Waals surface area (Å²) in [5, 5.41) is 3.08. The van der Waals surface area contributed by atoms with Crippen molar-refractivity contribution in [3.05, 3.63) is 46.8 Å². The maximum absolute atomic E-state index is 13.0. The summed E-state index contributed by atoms with van der Waals surface area (Å²) < 4.78 is 0. The molecule has 0 spiro atoms. The molecule has 1 aliphatic heterocycles. The van der Waals surface area contributed by atoms with Gasteiger partial charge in [-0.2, -0.15) is 0 Å². The lowest BCUT2D eigenvalue weighted by atomic mass is 9.98. The quantitative estimate of drug-likeness (QED) is 0.899. The van der Waals surface area contributed by atoms with Crippen LogP contribution < -0.4 is 10.2 Å². The number of hydrogen-bond donors (Lipinski definition) is 1. The Labute approximate surface area is 161 Å². The van der Waals surface area contributed by atoms with Crippen molar-refractivity contribution in [2.75, 3.05) is 43.4 Å². The highest BCUT2D eigenvalue weighted by Gasteiger charge is 2.20. The van der Waals surface area contributed by atoms with Crippen molar-refractivity contribution in [2.24, 2.45) is 0 Å². The van der Waals surface area contributed by atoms with Crippen LogP contribution in [0.25, 0.3) is 0 Å². The number of likely N-dealkylation sites (N-methyl/N-ethyl adjacent to an activating group) is 1. The molecule has 1 aromatic carbocycles. The van der Waals surface area contributed by atoms with Gasteiger partial charge < -0.3 is 15.1 Å². The average molecular weight is 367 g/mol. The van der Waals surface area contributed by atoms with Crippen LogP contribution in [0.5, 0.6) is 0 Å². The van der Waals surface area contributed by atoms with E-state index in [0.717, 1.165) is 48.7 Å². The molecule has 1 fully saturated rings. The third kappa shape index (κ3) is 4.45. The fourth-order valence-corrected chi connectivity index (χ4v) is 3.34. The first-order valence-electron chi connectivity index (χ1n) is 9.55. The van der Waals surface area contributed by atoms with Gasteiger partial charge in [-0.15, -0.1) is 0 Å².